The lowest BCUT2D eigenvalue weighted by molar-refractivity contribution is -0.140. The van der Waals surface area contributed by atoms with Crippen LogP contribution in [0.15, 0.2) is 42.5 Å². The van der Waals surface area contributed by atoms with E-state index in [2.05, 4.69) is 37.3 Å². The van der Waals surface area contributed by atoms with E-state index in [9.17, 15) is 10.1 Å². The normalized spacial score (nSPS) is 18.8. The second-order valence-electron chi connectivity index (χ2n) is 8.11. The van der Waals surface area contributed by atoms with Crippen LogP contribution in [0.3, 0.4) is 0 Å². The zero-order valence-corrected chi connectivity index (χ0v) is 17.6. The fraction of sp³-hybridized carbons (Fsp3) is 0.462. The van der Waals surface area contributed by atoms with E-state index in [4.69, 9.17) is 4.74 Å². The lowest BCUT2D eigenvalue weighted by Crippen LogP contribution is -2.25. The molecule has 1 fully saturated rings. The molecule has 3 nitrogen and oxygen atoms in total. The Balaban J connectivity index is 1.55. The predicted molar refractivity (Wildman–Crippen MR) is 116 cm³/mol. The molecule has 29 heavy (non-hydrogen) atoms. The standard InChI is InChI=1S/C26H31NO2/c1-3-5-6-20-7-10-21(11-8-20)22-12-14-23(15-13-22)26(28)29-25-16-9-19(4-2)17-24(25)18-27/h7-11,16-17,22-23H,3-6,12-15H2,1-2H3. The molecule has 0 bridgehead atoms. The lowest BCUT2D eigenvalue weighted by atomic mass is 9.78. The van der Waals surface area contributed by atoms with Crippen LogP contribution < -0.4 is 4.74 Å². The van der Waals surface area contributed by atoms with Crippen LogP contribution in [-0.2, 0) is 17.6 Å². The Morgan fingerprint density at radius 3 is 2.34 bits per heavy atom. The molecular formula is C26H31NO2. The van der Waals surface area contributed by atoms with Crippen molar-refractivity contribution >= 4 is 5.97 Å². The van der Waals surface area contributed by atoms with Crippen LogP contribution in [0.25, 0.3) is 0 Å². The number of carbonyl (C=O) groups excluding carboxylic acids is 1. The Hall–Kier alpha value is -2.60. The Kier molecular flexibility index (Phi) is 7.47. The maximum atomic E-state index is 12.6. The largest absolute Gasteiger partial charge is 0.425 e. The third-order valence-electron chi connectivity index (χ3n) is 6.11. The molecule has 0 heterocycles. The number of carbonyl (C=O) groups is 1. The number of hydrogen-bond donors (Lipinski definition) is 0. The van der Waals surface area contributed by atoms with Gasteiger partial charge in [0.25, 0.3) is 0 Å². The summed E-state index contributed by atoms with van der Waals surface area (Å²) in [6.07, 6.45) is 8.17. The molecule has 0 radical (unpaired) electrons. The van der Waals surface area contributed by atoms with Crippen LogP contribution >= 0.6 is 0 Å². The highest BCUT2D eigenvalue weighted by Gasteiger charge is 2.29. The molecule has 0 saturated heterocycles. The maximum Gasteiger partial charge on any atom is 0.314 e. The number of esters is 1. The minimum Gasteiger partial charge on any atom is -0.425 e. The first kappa shape index (κ1) is 21.1. The topological polar surface area (TPSA) is 50.1 Å². The molecule has 2 aromatic rings. The third-order valence-corrected chi connectivity index (χ3v) is 6.11. The summed E-state index contributed by atoms with van der Waals surface area (Å²) < 4.78 is 5.61. The molecule has 2 aromatic carbocycles. The first-order chi connectivity index (χ1) is 14.1. The third kappa shape index (κ3) is 5.48. The molecule has 0 aromatic heterocycles. The number of unbranched alkanes of at least 4 members (excludes halogenated alkanes) is 1. The van der Waals surface area contributed by atoms with Gasteiger partial charge in [-0.05, 0) is 79.7 Å². The molecular weight excluding hydrogens is 358 g/mol. The Morgan fingerprint density at radius 2 is 1.72 bits per heavy atom. The zero-order chi connectivity index (χ0) is 20.6. The first-order valence-corrected chi connectivity index (χ1v) is 11.0. The van der Waals surface area contributed by atoms with Gasteiger partial charge in [-0.3, -0.25) is 4.79 Å². The van der Waals surface area contributed by atoms with Crippen molar-refractivity contribution < 1.29 is 9.53 Å². The summed E-state index contributed by atoms with van der Waals surface area (Å²) in [7, 11) is 0. The van der Waals surface area contributed by atoms with Gasteiger partial charge in [0.05, 0.1) is 11.5 Å². The van der Waals surface area contributed by atoms with Crippen molar-refractivity contribution in [2.45, 2.75) is 71.1 Å². The van der Waals surface area contributed by atoms with E-state index in [1.807, 2.05) is 19.1 Å². The highest BCUT2D eigenvalue weighted by atomic mass is 16.5. The molecule has 1 saturated carbocycles. The molecule has 0 spiro atoms. The number of nitrogens with zero attached hydrogens (tertiary/aromatic N) is 1. The van der Waals surface area contributed by atoms with E-state index in [1.54, 1.807) is 6.07 Å². The molecule has 152 valence electrons. The van der Waals surface area contributed by atoms with Crippen molar-refractivity contribution in [2.75, 3.05) is 0 Å². The number of benzene rings is 2. The van der Waals surface area contributed by atoms with Crippen LogP contribution in [0, 0.1) is 17.2 Å². The molecule has 1 aliphatic rings. The lowest BCUT2D eigenvalue weighted by Gasteiger charge is -2.27. The summed E-state index contributed by atoms with van der Waals surface area (Å²) in [5.74, 6) is 0.642. The van der Waals surface area contributed by atoms with E-state index in [0.29, 0.717) is 17.2 Å². The summed E-state index contributed by atoms with van der Waals surface area (Å²) in [5.41, 5.74) is 4.31. The highest BCUT2D eigenvalue weighted by molar-refractivity contribution is 5.76. The number of ether oxygens (including phenoxy) is 1. The van der Waals surface area contributed by atoms with E-state index in [-0.39, 0.29) is 11.9 Å². The summed E-state index contributed by atoms with van der Waals surface area (Å²) in [5, 5.41) is 9.35. The average molecular weight is 390 g/mol. The fourth-order valence-corrected chi connectivity index (χ4v) is 4.16. The van der Waals surface area contributed by atoms with Gasteiger partial charge >= 0.3 is 5.97 Å². The predicted octanol–water partition coefficient (Wildman–Crippen LogP) is 6.34. The van der Waals surface area contributed by atoms with E-state index >= 15 is 0 Å². The highest BCUT2D eigenvalue weighted by Crippen LogP contribution is 2.36. The Bertz CT molecular complexity index is 855. The molecule has 0 atom stereocenters. The van der Waals surface area contributed by atoms with Gasteiger partial charge in [-0.25, -0.2) is 0 Å². The maximum absolute atomic E-state index is 12.6. The van der Waals surface area contributed by atoms with Crippen molar-refractivity contribution in [1.29, 1.82) is 5.26 Å². The summed E-state index contributed by atoms with van der Waals surface area (Å²) >= 11 is 0. The van der Waals surface area contributed by atoms with Crippen molar-refractivity contribution in [3.8, 4) is 11.8 Å². The van der Waals surface area contributed by atoms with Crippen LogP contribution in [0.1, 0.15) is 80.5 Å². The van der Waals surface area contributed by atoms with Gasteiger partial charge in [0.2, 0.25) is 0 Å². The smallest absolute Gasteiger partial charge is 0.314 e. The van der Waals surface area contributed by atoms with Gasteiger partial charge in [0.1, 0.15) is 11.8 Å². The van der Waals surface area contributed by atoms with Crippen molar-refractivity contribution in [3.05, 3.63) is 64.7 Å². The van der Waals surface area contributed by atoms with Gasteiger partial charge in [0.15, 0.2) is 0 Å². The quantitative estimate of drug-likeness (QED) is 0.410. The van der Waals surface area contributed by atoms with E-state index < -0.39 is 0 Å². The number of aryl methyl sites for hydroxylation is 2. The minimum absolute atomic E-state index is 0.0764. The van der Waals surface area contributed by atoms with Crippen LogP contribution in [0.4, 0.5) is 0 Å². The Morgan fingerprint density at radius 1 is 1.03 bits per heavy atom. The van der Waals surface area contributed by atoms with Crippen LogP contribution in [0.5, 0.6) is 5.75 Å². The van der Waals surface area contributed by atoms with Crippen molar-refractivity contribution in [2.24, 2.45) is 5.92 Å². The van der Waals surface area contributed by atoms with Crippen LogP contribution in [0.2, 0.25) is 0 Å². The second-order valence-corrected chi connectivity index (χ2v) is 8.11. The number of nitriles is 1. The molecule has 0 amide bonds. The number of hydrogen-bond acceptors (Lipinski definition) is 3. The SMILES string of the molecule is CCCCc1ccc(C2CCC(C(=O)Oc3ccc(CC)cc3C#N)CC2)cc1. The molecule has 3 rings (SSSR count). The Labute approximate surface area is 174 Å². The molecule has 0 N–H and O–H groups in total. The van der Waals surface area contributed by atoms with E-state index in [1.165, 1.54) is 24.0 Å². The summed E-state index contributed by atoms with van der Waals surface area (Å²) in [4.78, 5) is 12.6. The monoisotopic (exact) mass is 389 g/mol. The van der Waals surface area contributed by atoms with Gasteiger partial charge in [-0.15, -0.1) is 0 Å². The number of rotatable bonds is 7. The zero-order valence-electron chi connectivity index (χ0n) is 17.6. The van der Waals surface area contributed by atoms with Gasteiger partial charge in [0, 0.05) is 0 Å². The molecule has 3 heteroatoms. The molecule has 0 aliphatic heterocycles. The minimum atomic E-state index is -0.195. The van der Waals surface area contributed by atoms with Gasteiger partial charge in [-0.2, -0.15) is 5.26 Å². The first-order valence-electron chi connectivity index (χ1n) is 11.0. The van der Waals surface area contributed by atoms with E-state index in [0.717, 1.165) is 44.1 Å². The van der Waals surface area contributed by atoms with Crippen molar-refractivity contribution in [1.82, 2.24) is 0 Å². The van der Waals surface area contributed by atoms with Crippen molar-refractivity contribution in [3.63, 3.8) is 0 Å². The van der Waals surface area contributed by atoms with Gasteiger partial charge in [-0.1, -0.05) is 50.6 Å². The second kappa shape index (κ2) is 10.3. The average Bonchev–Trinajstić information content (AvgIpc) is 2.78. The molecule has 1 aliphatic carbocycles. The molecule has 0 unspecified atom stereocenters. The summed E-state index contributed by atoms with van der Waals surface area (Å²) in [6, 6.07) is 16.7. The van der Waals surface area contributed by atoms with Crippen LogP contribution in [-0.4, -0.2) is 5.97 Å². The summed E-state index contributed by atoms with van der Waals surface area (Å²) in [6.45, 7) is 4.26. The van der Waals surface area contributed by atoms with Gasteiger partial charge < -0.3 is 4.74 Å². The fourth-order valence-electron chi connectivity index (χ4n) is 4.16.